The van der Waals surface area contributed by atoms with Gasteiger partial charge in [0.25, 0.3) is 0 Å². The molecule has 106 valence electrons. The van der Waals surface area contributed by atoms with Crippen molar-refractivity contribution in [3.63, 3.8) is 0 Å². The Kier molecular flexibility index (Phi) is 4.62. The van der Waals surface area contributed by atoms with Gasteiger partial charge in [-0.05, 0) is 55.4 Å². The molecule has 2 unspecified atom stereocenters. The molecule has 1 aliphatic rings. The number of aryl methyl sites for hydroxylation is 1. The first-order chi connectivity index (χ1) is 9.03. The number of rotatable bonds is 3. The standard InChI is InChI=1S/C17H26FN/c1-3-5-14-6-4-8-17(19,9-7-14)15-10-13(2)11-16(18)12-15/h10-12,14H,3-9,19H2,1-2H3. The Morgan fingerprint density at radius 1 is 1.26 bits per heavy atom. The molecule has 2 rings (SSSR count). The van der Waals surface area contributed by atoms with Gasteiger partial charge >= 0.3 is 0 Å². The summed E-state index contributed by atoms with van der Waals surface area (Å²) in [6.45, 7) is 4.18. The summed E-state index contributed by atoms with van der Waals surface area (Å²) in [5.74, 6) is 0.652. The van der Waals surface area contributed by atoms with Crippen LogP contribution < -0.4 is 5.73 Å². The number of benzene rings is 1. The Hall–Kier alpha value is -0.890. The number of halogens is 1. The minimum atomic E-state index is -0.324. The van der Waals surface area contributed by atoms with E-state index in [0.717, 1.165) is 36.3 Å². The quantitative estimate of drug-likeness (QED) is 0.788. The molecule has 2 N–H and O–H groups in total. The molecule has 1 nitrogen and oxygen atoms in total. The van der Waals surface area contributed by atoms with E-state index in [1.165, 1.54) is 25.7 Å². The summed E-state index contributed by atoms with van der Waals surface area (Å²) in [5.41, 5.74) is 8.24. The topological polar surface area (TPSA) is 26.0 Å². The fraction of sp³-hybridized carbons (Fsp3) is 0.647. The van der Waals surface area contributed by atoms with E-state index in [4.69, 9.17) is 5.73 Å². The van der Waals surface area contributed by atoms with Gasteiger partial charge in [0.2, 0.25) is 0 Å². The second-order valence-corrected chi connectivity index (χ2v) is 6.26. The van der Waals surface area contributed by atoms with E-state index in [1.807, 2.05) is 6.92 Å². The fourth-order valence-electron chi connectivity index (χ4n) is 3.45. The summed E-state index contributed by atoms with van der Waals surface area (Å²) in [4.78, 5) is 0. The first-order valence-corrected chi connectivity index (χ1v) is 7.60. The van der Waals surface area contributed by atoms with Crippen LogP contribution in [0.5, 0.6) is 0 Å². The first-order valence-electron chi connectivity index (χ1n) is 7.60. The predicted molar refractivity (Wildman–Crippen MR) is 78.5 cm³/mol. The minimum absolute atomic E-state index is 0.158. The normalized spacial score (nSPS) is 28.1. The van der Waals surface area contributed by atoms with Gasteiger partial charge in [0.15, 0.2) is 0 Å². The van der Waals surface area contributed by atoms with Crippen molar-refractivity contribution in [3.05, 3.63) is 35.1 Å². The Bertz CT molecular complexity index is 409. The third-order valence-electron chi connectivity index (χ3n) is 4.55. The maximum Gasteiger partial charge on any atom is 0.123 e. The van der Waals surface area contributed by atoms with Crippen LogP contribution in [0.25, 0.3) is 0 Å². The van der Waals surface area contributed by atoms with Crippen molar-refractivity contribution in [2.75, 3.05) is 0 Å². The van der Waals surface area contributed by atoms with Crippen LogP contribution in [-0.2, 0) is 5.54 Å². The van der Waals surface area contributed by atoms with Gasteiger partial charge in [0.1, 0.15) is 5.82 Å². The average molecular weight is 263 g/mol. The van der Waals surface area contributed by atoms with E-state index >= 15 is 0 Å². The summed E-state index contributed by atoms with van der Waals surface area (Å²) in [7, 11) is 0. The molecule has 0 aromatic heterocycles. The molecular formula is C17H26FN. The lowest BCUT2D eigenvalue weighted by Gasteiger charge is -2.29. The van der Waals surface area contributed by atoms with Crippen LogP contribution >= 0.6 is 0 Å². The average Bonchev–Trinajstić information content (AvgIpc) is 2.52. The van der Waals surface area contributed by atoms with E-state index in [9.17, 15) is 4.39 Å². The molecular weight excluding hydrogens is 237 g/mol. The molecule has 1 aliphatic carbocycles. The van der Waals surface area contributed by atoms with Crippen molar-refractivity contribution in [2.24, 2.45) is 11.7 Å². The Balaban J connectivity index is 2.17. The zero-order valence-corrected chi connectivity index (χ0v) is 12.2. The molecule has 0 saturated heterocycles. The Morgan fingerprint density at radius 2 is 2.05 bits per heavy atom. The van der Waals surface area contributed by atoms with Gasteiger partial charge < -0.3 is 5.73 Å². The van der Waals surface area contributed by atoms with E-state index < -0.39 is 0 Å². The molecule has 0 spiro atoms. The molecule has 1 aromatic rings. The van der Waals surface area contributed by atoms with Crippen LogP contribution in [0.2, 0.25) is 0 Å². The van der Waals surface area contributed by atoms with Gasteiger partial charge in [-0.25, -0.2) is 4.39 Å². The third-order valence-corrected chi connectivity index (χ3v) is 4.55. The molecule has 0 amide bonds. The Morgan fingerprint density at radius 3 is 2.74 bits per heavy atom. The zero-order valence-electron chi connectivity index (χ0n) is 12.2. The van der Waals surface area contributed by atoms with Crippen molar-refractivity contribution in [3.8, 4) is 0 Å². The predicted octanol–water partition coefficient (Wildman–Crippen LogP) is 4.67. The van der Waals surface area contributed by atoms with Crippen LogP contribution in [0.15, 0.2) is 18.2 Å². The SMILES string of the molecule is CCCC1CCCC(N)(c2cc(C)cc(F)c2)CC1. The summed E-state index contributed by atoms with van der Waals surface area (Å²) < 4.78 is 13.6. The maximum atomic E-state index is 13.6. The van der Waals surface area contributed by atoms with Crippen molar-refractivity contribution < 1.29 is 4.39 Å². The monoisotopic (exact) mass is 263 g/mol. The molecule has 1 fully saturated rings. The van der Waals surface area contributed by atoms with E-state index in [-0.39, 0.29) is 11.4 Å². The summed E-state index contributed by atoms with van der Waals surface area (Å²) >= 11 is 0. The van der Waals surface area contributed by atoms with Crippen LogP contribution in [0, 0.1) is 18.7 Å². The lowest BCUT2D eigenvalue weighted by atomic mass is 9.83. The number of hydrogen-bond donors (Lipinski definition) is 1. The van der Waals surface area contributed by atoms with Crippen molar-refractivity contribution in [1.82, 2.24) is 0 Å². The maximum absolute atomic E-state index is 13.6. The van der Waals surface area contributed by atoms with Gasteiger partial charge in [0, 0.05) is 5.54 Å². The molecule has 2 atom stereocenters. The molecule has 0 heterocycles. The van der Waals surface area contributed by atoms with Gasteiger partial charge in [-0.15, -0.1) is 0 Å². The van der Waals surface area contributed by atoms with Crippen LogP contribution in [0.1, 0.15) is 63.0 Å². The van der Waals surface area contributed by atoms with Gasteiger partial charge in [-0.1, -0.05) is 38.7 Å². The zero-order chi connectivity index (χ0) is 13.9. The van der Waals surface area contributed by atoms with Crippen LogP contribution in [-0.4, -0.2) is 0 Å². The molecule has 0 radical (unpaired) electrons. The van der Waals surface area contributed by atoms with Crippen molar-refractivity contribution >= 4 is 0 Å². The van der Waals surface area contributed by atoms with Gasteiger partial charge in [-0.3, -0.25) is 0 Å². The highest BCUT2D eigenvalue weighted by atomic mass is 19.1. The van der Waals surface area contributed by atoms with E-state index in [0.29, 0.717) is 0 Å². The fourth-order valence-corrected chi connectivity index (χ4v) is 3.45. The second kappa shape index (κ2) is 6.04. The number of hydrogen-bond acceptors (Lipinski definition) is 1. The summed E-state index contributed by atoms with van der Waals surface area (Å²) in [6, 6.07) is 5.26. The Labute approximate surface area is 116 Å². The highest BCUT2D eigenvalue weighted by molar-refractivity contribution is 5.30. The van der Waals surface area contributed by atoms with Crippen molar-refractivity contribution in [2.45, 2.75) is 64.3 Å². The lowest BCUT2D eigenvalue weighted by Crippen LogP contribution is -2.36. The number of nitrogens with two attached hydrogens (primary N) is 1. The van der Waals surface area contributed by atoms with Gasteiger partial charge in [-0.2, -0.15) is 0 Å². The van der Waals surface area contributed by atoms with E-state index in [2.05, 4.69) is 13.0 Å². The molecule has 19 heavy (non-hydrogen) atoms. The third kappa shape index (κ3) is 3.56. The highest BCUT2D eigenvalue weighted by Crippen LogP contribution is 2.37. The summed E-state index contributed by atoms with van der Waals surface area (Å²) in [5, 5.41) is 0. The molecule has 1 saturated carbocycles. The smallest absolute Gasteiger partial charge is 0.123 e. The molecule has 2 heteroatoms. The second-order valence-electron chi connectivity index (χ2n) is 6.26. The lowest BCUT2D eigenvalue weighted by molar-refractivity contribution is 0.365. The minimum Gasteiger partial charge on any atom is -0.321 e. The van der Waals surface area contributed by atoms with E-state index in [1.54, 1.807) is 12.1 Å². The molecule has 1 aromatic carbocycles. The highest BCUT2D eigenvalue weighted by Gasteiger charge is 2.31. The largest absolute Gasteiger partial charge is 0.321 e. The van der Waals surface area contributed by atoms with Crippen molar-refractivity contribution in [1.29, 1.82) is 0 Å². The first kappa shape index (κ1) is 14.5. The molecule has 0 aliphatic heterocycles. The van der Waals surface area contributed by atoms with Gasteiger partial charge in [0.05, 0.1) is 0 Å². The van der Waals surface area contributed by atoms with Crippen LogP contribution in [0.4, 0.5) is 4.39 Å². The summed E-state index contributed by atoms with van der Waals surface area (Å²) in [6.07, 6.45) is 8.15. The molecule has 0 bridgehead atoms. The van der Waals surface area contributed by atoms with Crippen LogP contribution in [0.3, 0.4) is 0 Å².